The number of benzene rings is 2. The van der Waals surface area contributed by atoms with Crippen LogP contribution in [0.4, 0.5) is 0 Å². The van der Waals surface area contributed by atoms with Crippen LogP contribution in [-0.2, 0) is 9.59 Å². The molecule has 2 amide bonds. The zero-order chi connectivity index (χ0) is 16.8. The molecule has 0 aliphatic carbocycles. The molecule has 0 saturated carbocycles. The molecule has 4 nitrogen and oxygen atoms in total. The number of rotatable bonds is 2. The van der Waals surface area contributed by atoms with Crippen LogP contribution < -0.4 is 5.32 Å². The SMILES string of the molecule is O=C1NC(=O)C(c2c[nH]c3ccccc23)=C1c1c(Cl)cccc1Cl. The lowest BCUT2D eigenvalue weighted by Gasteiger charge is -2.08. The first-order valence-electron chi connectivity index (χ1n) is 7.18. The van der Waals surface area contributed by atoms with Crippen LogP contribution >= 0.6 is 23.2 Å². The third-order valence-corrected chi connectivity index (χ3v) is 4.63. The van der Waals surface area contributed by atoms with Gasteiger partial charge >= 0.3 is 0 Å². The summed E-state index contributed by atoms with van der Waals surface area (Å²) in [5.41, 5.74) is 2.34. The van der Waals surface area contributed by atoms with Gasteiger partial charge in [0.2, 0.25) is 0 Å². The number of carbonyl (C=O) groups excluding carboxylic acids is 2. The van der Waals surface area contributed by atoms with E-state index in [0.29, 0.717) is 21.2 Å². The number of hydrogen-bond acceptors (Lipinski definition) is 2. The Morgan fingerprint density at radius 1 is 0.792 bits per heavy atom. The maximum atomic E-state index is 12.4. The van der Waals surface area contributed by atoms with Crippen LogP contribution in [0.5, 0.6) is 0 Å². The number of carbonyl (C=O) groups is 2. The Bertz CT molecular complexity index is 1030. The molecule has 0 fully saturated rings. The van der Waals surface area contributed by atoms with Gasteiger partial charge in [-0.3, -0.25) is 14.9 Å². The van der Waals surface area contributed by atoms with Gasteiger partial charge in [0.05, 0.1) is 21.2 Å². The van der Waals surface area contributed by atoms with Crippen LogP contribution in [0.1, 0.15) is 11.1 Å². The second-order valence-electron chi connectivity index (χ2n) is 5.38. The highest BCUT2D eigenvalue weighted by molar-refractivity contribution is 6.53. The monoisotopic (exact) mass is 356 g/mol. The largest absolute Gasteiger partial charge is 0.361 e. The molecule has 0 bridgehead atoms. The molecule has 1 aromatic heterocycles. The zero-order valence-electron chi connectivity index (χ0n) is 12.2. The first kappa shape index (κ1) is 15.0. The minimum absolute atomic E-state index is 0.195. The number of amides is 2. The maximum absolute atomic E-state index is 12.4. The summed E-state index contributed by atoms with van der Waals surface area (Å²) in [6.45, 7) is 0. The van der Waals surface area contributed by atoms with E-state index in [1.807, 2.05) is 24.3 Å². The van der Waals surface area contributed by atoms with Crippen LogP contribution in [-0.4, -0.2) is 16.8 Å². The summed E-state index contributed by atoms with van der Waals surface area (Å²) >= 11 is 12.5. The van der Waals surface area contributed by atoms with Gasteiger partial charge in [0, 0.05) is 28.2 Å². The van der Waals surface area contributed by atoms with E-state index in [-0.39, 0.29) is 11.1 Å². The van der Waals surface area contributed by atoms with E-state index in [1.165, 1.54) is 0 Å². The lowest BCUT2D eigenvalue weighted by molar-refractivity contribution is -0.122. The number of para-hydroxylation sites is 1. The smallest absolute Gasteiger partial charge is 0.259 e. The fourth-order valence-corrected chi connectivity index (χ4v) is 3.55. The van der Waals surface area contributed by atoms with Gasteiger partial charge in [-0.05, 0) is 18.2 Å². The zero-order valence-corrected chi connectivity index (χ0v) is 13.7. The lowest BCUT2D eigenvalue weighted by Crippen LogP contribution is -2.22. The number of aromatic nitrogens is 1. The Morgan fingerprint density at radius 2 is 1.46 bits per heavy atom. The summed E-state index contributed by atoms with van der Waals surface area (Å²) < 4.78 is 0. The third kappa shape index (κ3) is 2.15. The van der Waals surface area contributed by atoms with Gasteiger partial charge in [0.1, 0.15) is 0 Å². The van der Waals surface area contributed by atoms with Crippen LogP contribution in [0.2, 0.25) is 10.0 Å². The molecule has 0 radical (unpaired) electrons. The Hall–Kier alpha value is -2.56. The number of hydrogen-bond donors (Lipinski definition) is 2. The average Bonchev–Trinajstić information content (AvgIpc) is 3.08. The molecule has 0 atom stereocenters. The van der Waals surface area contributed by atoms with Crippen molar-refractivity contribution in [2.24, 2.45) is 0 Å². The van der Waals surface area contributed by atoms with Crippen molar-refractivity contribution in [3.8, 4) is 0 Å². The lowest BCUT2D eigenvalue weighted by atomic mass is 9.96. The number of nitrogens with one attached hydrogen (secondary N) is 2. The molecule has 1 aliphatic rings. The van der Waals surface area contributed by atoms with E-state index in [9.17, 15) is 9.59 Å². The van der Waals surface area contributed by atoms with Crippen molar-refractivity contribution in [3.63, 3.8) is 0 Å². The Morgan fingerprint density at radius 3 is 2.21 bits per heavy atom. The summed E-state index contributed by atoms with van der Waals surface area (Å²) in [5.74, 6) is -0.967. The molecule has 118 valence electrons. The van der Waals surface area contributed by atoms with Crippen molar-refractivity contribution >= 4 is 57.1 Å². The molecular weight excluding hydrogens is 347 g/mol. The van der Waals surface area contributed by atoms with E-state index in [1.54, 1.807) is 24.4 Å². The molecule has 0 spiro atoms. The Labute approximate surface area is 147 Å². The molecule has 0 unspecified atom stereocenters. The first-order chi connectivity index (χ1) is 11.6. The number of fused-ring (bicyclic) bond motifs is 1. The minimum Gasteiger partial charge on any atom is -0.361 e. The highest BCUT2D eigenvalue weighted by Gasteiger charge is 2.35. The van der Waals surface area contributed by atoms with Crippen LogP contribution in [0, 0.1) is 0 Å². The van der Waals surface area contributed by atoms with Crippen molar-refractivity contribution in [2.75, 3.05) is 0 Å². The predicted octanol–water partition coefficient (Wildman–Crippen LogP) is 4.04. The summed E-state index contributed by atoms with van der Waals surface area (Å²) in [5, 5.41) is 3.82. The molecule has 1 aliphatic heterocycles. The van der Waals surface area contributed by atoms with Gasteiger partial charge in [-0.15, -0.1) is 0 Å². The van der Waals surface area contributed by atoms with Crippen molar-refractivity contribution in [1.29, 1.82) is 0 Å². The van der Waals surface area contributed by atoms with Crippen LogP contribution in [0.25, 0.3) is 22.0 Å². The Kier molecular flexibility index (Phi) is 3.44. The molecule has 0 saturated heterocycles. The van der Waals surface area contributed by atoms with Crippen molar-refractivity contribution in [3.05, 3.63) is 69.8 Å². The van der Waals surface area contributed by atoms with Crippen molar-refractivity contribution < 1.29 is 9.59 Å². The number of imide groups is 1. The topological polar surface area (TPSA) is 62.0 Å². The number of aromatic amines is 1. The van der Waals surface area contributed by atoms with Crippen molar-refractivity contribution in [2.45, 2.75) is 0 Å². The second-order valence-corrected chi connectivity index (χ2v) is 6.19. The molecule has 2 heterocycles. The second kappa shape index (κ2) is 5.51. The van der Waals surface area contributed by atoms with Gasteiger partial charge < -0.3 is 4.98 Å². The van der Waals surface area contributed by atoms with E-state index in [0.717, 1.165) is 10.9 Å². The molecule has 2 N–H and O–H groups in total. The molecule has 2 aromatic carbocycles. The van der Waals surface area contributed by atoms with Gasteiger partial charge in [0.15, 0.2) is 0 Å². The maximum Gasteiger partial charge on any atom is 0.259 e. The Balaban J connectivity index is 2.08. The summed E-state index contributed by atoms with van der Waals surface area (Å²) in [6.07, 6.45) is 1.71. The summed E-state index contributed by atoms with van der Waals surface area (Å²) in [4.78, 5) is 28.0. The van der Waals surface area contributed by atoms with Gasteiger partial charge in [-0.25, -0.2) is 0 Å². The molecule has 4 rings (SSSR count). The summed E-state index contributed by atoms with van der Waals surface area (Å²) in [7, 11) is 0. The van der Waals surface area contributed by atoms with E-state index in [2.05, 4.69) is 10.3 Å². The standard InChI is InChI=1S/C18H10Cl2N2O2/c19-11-5-3-6-12(20)15(11)16-14(17(23)22-18(16)24)10-8-21-13-7-2-1-4-9(10)13/h1-8,21H,(H,22,23,24). The normalized spacial score (nSPS) is 14.6. The van der Waals surface area contributed by atoms with Gasteiger partial charge in [-0.2, -0.15) is 0 Å². The van der Waals surface area contributed by atoms with Gasteiger partial charge in [0.25, 0.3) is 11.8 Å². The summed E-state index contributed by atoms with van der Waals surface area (Å²) in [6, 6.07) is 12.5. The minimum atomic E-state index is -0.504. The van der Waals surface area contributed by atoms with Crippen molar-refractivity contribution in [1.82, 2.24) is 10.3 Å². The van der Waals surface area contributed by atoms with E-state index < -0.39 is 11.8 Å². The third-order valence-electron chi connectivity index (χ3n) is 4.00. The van der Waals surface area contributed by atoms with Gasteiger partial charge in [-0.1, -0.05) is 47.5 Å². The van der Waals surface area contributed by atoms with Crippen LogP contribution in [0.3, 0.4) is 0 Å². The highest BCUT2D eigenvalue weighted by Crippen LogP contribution is 2.40. The number of H-pyrrole nitrogens is 1. The fraction of sp³-hybridized carbons (Fsp3) is 0. The molecule has 3 aromatic rings. The van der Waals surface area contributed by atoms with E-state index in [4.69, 9.17) is 23.2 Å². The molecule has 24 heavy (non-hydrogen) atoms. The fourth-order valence-electron chi connectivity index (χ4n) is 2.97. The highest BCUT2D eigenvalue weighted by atomic mass is 35.5. The quantitative estimate of drug-likeness (QED) is 0.680. The first-order valence-corrected chi connectivity index (χ1v) is 7.94. The van der Waals surface area contributed by atoms with E-state index >= 15 is 0 Å². The molecule has 6 heteroatoms. The number of halogens is 2. The predicted molar refractivity (Wildman–Crippen MR) is 94.7 cm³/mol. The van der Waals surface area contributed by atoms with Crippen LogP contribution in [0.15, 0.2) is 48.7 Å². The average molecular weight is 357 g/mol. The molecular formula is C18H10Cl2N2O2.